The van der Waals surface area contributed by atoms with Gasteiger partial charge in [0.15, 0.2) is 0 Å². The first-order chi connectivity index (χ1) is 9.60. The van der Waals surface area contributed by atoms with Crippen LogP contribution in [0, 0.1) is 0 Å². The highest BCUT2D eigenvalue weighted by atomic mass is 35.5. The number of aliphatic hydroxyl groups is 1. The summed E-state index contributed by atoms with van der Waals surface area (Å²) in [6.07, 6.45) is 0. The summed E-state index contributed by atoms with van der Waals surface area (Å²) in [5.41, 5.74) is 1.50. The Morgan fingerprint density at radius 2 is 1.85 bits per heavy atom. The quantitative estimate of drug-likeness (QED) is 0.798. The molecule has 0 aromatic heterocycles. The van der Waals surface area contributed by atoms with Gasteiger partial charge >= 0.3 is 6.03 Å². The molecule has 2 aromatic carbocycles. The molecule has 2 amide bonds. The number of halogens is 2. The smallest absolute Gasteiger partial charge is 0.323 e. The molecule has 104 valence electrons. The number of hydrogen-bond donors (Lipinski definition) is 3. The van der Waals surface area contributed by atoms with Crippen molar-refractivity contribution in [1.82, 2.24) is 0 Å². The Labute approximate surface area is 126 Å². The number of urea groups is 1. The molecule has 0 aliphatic heterocycles. The first-order valence-corrected chi connectivity index (χ1v) is 6.57. The SMILES string of the molecule is O=C(Nc1cccc(Cl)c1)Nc1cccc(Cl)c1CO. The van der Waals surface area contributed by atoms with E-state index in [2.05, 4.69) is 10.6 Å². The highest BCUT2D eigenvalue weighted by Crippen LogP contribution is 2.24. The van der Waals surface area contributed by atoms with Crippen LogP contribution in [-0.2, 0) is 6.61 Å². The summed E-state index contributed by atoms with van der Waals surface area (Å²) in [5.74, 6) is 0. The topological polar surface area (TPSA) is 61.4 Å². The number of carbonyl (C=O) groups excluding carboxylic acids is 1. The summed E-state index contributed by atoms with van der Waals surface area (Å²) >= 11 is 11.8. The highest BCUT2D eigenvalue weighted by molar-refractivity contribution is 6.32. The second-order valence-electron chi connectivity index (χ2n) is 4.01. The van der Waals surface area contributed by atoms with E-state index in [9.17, 15) is 9.90 Å². The van der Waals surface area contributed by atoms with Crippen molar-refractivity contribution in [3.05, 3.63) is 58.1 Å². The molecule has 0 aliphatic carbocycles. The third-order valence-corrected chi connectivity index (χ3v) is 3.20. The van der Waals surface area contributed by atoms with Crippen LogP contribution in [0.2, 0.25) is 10.0 Å². The van der Waals surface area contributed by atoms with Crippen molar-refractivity contribution in [3.8, 4) is 0 Å². The number of hydrogen-bond acceptors (Lipinski definition) is 2. The number of amides is 2. The zero-order valence-electron chi connectivity index (χ0n) is 10.4. The van der Waals surface area contributed by atoms with Gasteiger partial charge in [-0.1, -0.05) is 35.3 Å². The maximum atomic E-state index is 11.9. The lowest BCUT2D eigenvalue weighted by Crippen LogP contribution is -2.20. The molecule has 0 atom stereocenters. The minimum Gasteiger partial charge on any atom is -0.392 e. The molecule has 4 nitrogen and oxygen atoms in total. The molecule has 0 bridgehead atoms. The van der Waals surface area contributed by atoms with Crippen LogP contribution in [0.25, 0.3) is 0 Å². The van der Waals surface area contributed by atoms with Gasteiger partial charge < -0.3 is 15.7 Å². The van der Waals surface area contributed by atoms with Crippen LogP contribution in [0.15, 0.2) is 42.5 Å². The Morgan fingerprint density at radius 3 is 2.55 bits per heavy atom. The van der Waals surface area contributed by atoms with Crippen molar-refractivity contribution >= 4 is 40.6 Å². The van der Waals surface area contributed by atoms with Crippen LogP contribution in [0.3, 0.4) is 0 Å². The Bertz CT molecular complexity index is 632. The van der Waals surface area contributed by atoms with E-state index in [1.807, 2.05) is 0 Å². The van der Waals surface area contributed by atoms with Gasteiger partial charge in [0.2, 0.25) is 0 Å². The molecular formula is C14H12Cl2N2O2. The van der Waals surface area contributed by atoms with E-state index < -0.39 is 6.03 Å². The Kier molecular flexibility index (Phi) is 4.84. The highest BCUT2D eigenvalue weighted by Gasteiger charge is 2.09. The maximum Gasteiger partial charge on any atom is 0.323 e. The summed E-state index contributed by atoms with van der Waals surface area (Å²) in [6, 6.07) is 11.4. The Morgan fingerprint density at radius 1 is 1.10 bits per heavy atom. The predicted molar refractivity (Wildman–Crippen MR) is 81.5 cm³/mol. The van der Waals surface area contributed by atoms with Gasteiger partial charge in [-0.25, -0.2) is 4.79 Å². The summed E-state index contributed by atoms with van der Waals surface area (Å²) in [7, 11) is 0. The number of anilines is 2. The maximum absolute atomic E-state index is 11.9. The van der Waals surface area contributed by atoms with Crippen LogP contribution in [0.5, 0.6) is 0 Å². The van der Waals surface area contributed by atoms with Crippen molar-refractivity contribution in [1.29, 1.82) is 0 Å². The first kappa shape index (κ1) is 14.7. The molecule has 0 unspecified atom stereocenters. The van der Waals surface area contributed by atoms with E-state index >= 15 is 0 Å². The zero-order chi connectivity index (χ0) is 14.5. The van der Waals surface area contributed by atoms with Gasteiger partial charge in [0.25, 0.3) is 0 Å². The summed E-state index contributed by atoms with van der Waals surface area (Å²) in [5, 5.41) is 15.5. The van der Waals surface area contributed by atoms with Gasteiger partial charge in [-0.05, 0) is 30.3 Å². The van der Waals surface area contributed by atoms with Gasteiger partial charge in [-0.3, -0.25) is 0 Å². The first-order valence-electron chi connectivity index (χ1n) is 5.82. The lowest BCUT2D eigenvalue weighted by molar-refractivity contribution is 0.262. The van der Waals surface area contributed by atoms with Gasteiger partial charge in [-0.2, -0.15) is 0 Å². The van der Waals surface area contributed by atoms with Crippen LogP contribution >= 0.6 is 23.2 Å². The standard InChI is InChI=1S/C14H12Cl2N2O2/c15-9-3-1-4-10(7-9)17-14(20)18-13-6-2-5-12(16)11(13)8-19/h1-7,19H,8H2,(H2,17,18,20). The third-order valence-electron chi connectivity index (χ3n) is 2.61. The molecule has 0 radical (unpaired) electrons. The molecule has 0 fully saturated rings. The van der Waals surface area contributed by atoms with E-state index in [4.69, 9.17) is 23.2 Å². The summed E-state index contributed by atoms with van der Waals surface area (Å²) < 4.78 is 0. The molecule has 2 rings (SSSR count). The molecule has 2 aromatic rings. The lowest BCUT2D eigenvalue weighted by atomic mass is 10.2. The van der Waals surface area contributed by atoms with Crippen LogP contribution < -0.4 is 10.6 Å². The third kappa shape index (κ3) is 3.63. The van der Waals surface area contributed by atoms with Crippen LogP contribution in [-0.4, -0.2) is 11.1 Å². The minimum absolute atomic E-state index is 0.257. The van der Waals surface area contributed by atoms with Gasteiger partial charge in [0.05, 0.1) is 6.61 Å². The van der Waals surface area contributed by atoms with Crippen molar-refractivity contribution in [2.45, 2.75) is 6.61 Å². The van der Waals surface area contributed by atoms with Crippen molar-refractivity contribution < 1.29 is 9.90 Å². The molecule has 6 heteroatoms. The predicted octanol–water partition coefficient (Wildman–Crippen LogP) is 4.13. The number of nitrogens with one attached hydrogen (secondary N) is 2. The molecule has 3 N–H and O–H groups in total. The molecule has 0 aliphatic rings. The van der Waals surface area contributed by atoms with Crippen molar-refractivity contribution in [2.24, 2.45) is 0 Å². The Balaban J connectivity index is 2.11. The van der Waals surface area contributed by atoms with E-state index in [1.165, 1.54) is 0 Å². The van der Waals surface area contributed by atoms with E-state index in [1.54, 1.807) is 42.5 Å². The zero-order valence-corrected chi connectivity index (χ0v) is 11.9. The molecular weight excluding hydrogens is 299 g/mol. The van der Waals surface area contributed by atoms with Crippen molar-refractivity contribution in [3.63, 3.8) is 0 Å². The number of benzene rings is 2. The lowest BCUT2D eigenvalue weighted by Gasteiger charge is -2.12. The number of rotatable bonds is 3. The second kappa shape index (κ2) is 6.61. The van der Waals surface area contributed by atoms with Crippen molar-refractivity contribution in [2.75, 3.05) is 10.6 Å². The normalized spacial score (nSPS) is 10.2. The molecule has 0 spiro atoms. The molecule has 0 saturated heterocycles. The molecule has 0 saturated carbocycles. The van der Waals surface area contributed by atoms with E-state index in [0.29, 0.717) is 27.0 Å². The fraction of sp³-hybridized carbons (Fsp3) is 0.0714. The van der Waals surface area contributed by atoms with Gasteiger partial charge in [0.1, 0.15) is 0 Å². The van der Waals surface area contributed by atoms with Crippen LogP contribution in [0.1, 0.15) is 5.56 Å². The second-order valence-corrected chi connectivity index (χ2v) is 4.86. The largest absolute Gasteiger partial charge is 0.392 e. The average Bonchev–Trinajstić information content (AvgIpc) is 2.38. The number of aliphatic hydroxyl groups excluding tert-OH is 1. The molecule has 0 heterocycles. The Hall–Kier alpha value is -1.75. The van der Waals surface area contributed by atoms with Gasteiger partial charge in [-0.15, -0.1) is 0 Å². The van der Waals surface area contributed by atoms with Gasteiger partial charge in [0, 0.05) is 27.0 Å². The van der Waals surface area contributed by atoms with E-state index in [-0.39, 0.29) is 6.61 Å². The fourth-order valence-corrected chi connectivity index (χ4v) is 2.11. The average molecular weight is 311 g/mol. The summed E-state index contributed by atoms with van der Waals surface area (Å²) in [4.78, 5) is 11.9. The van der Waals surface area contributed by atoms with Crippen LogP contribution in [0.4, 0.5) is 16.2 Å². The van der Waals surface area contributed by atoms with E-state index in [0.717, 1.165) is 0 Å². The minimum atomic E-state index is -0.441. The number of carbonyl (C=O) groups is 1. The molecule has 20 heavy (non-hydrogen) atoms. The summed E-state index contributed by atoms with van der Waals surface area (Å²) in [6.45, 7) is -0.257. The fourth-order valence-electron chi connectivity index (χ4n) is 1.69. The monoisotopic (exact) mass is 310 g/mol.